The number of benzene rings is 4. The fourth-order valence-corrected chi connectivity index (χ4v) is 5.28. The largest absolute Gasteiger partial charge is 1.00 e. The van der Waals surface area contributed by atoms with Gasteiger partial charge in [-0.25, -0.2) is 0 Å². The first-order valence-corrected chi connectivity index (χ1v) is 15.0. The van der Waals surface area contributed by atoms with Crippen molar-refractivity contribution in [3.05, 3.63) is 146 Å². The number of nitrogen functional groups attached to an aromatic ring is 1. The molecule has 0 aromatic heterocycles. The smallest absolute Gasteiger partial charge is 1.00 e. The third-order valence-electron chi connectivity index (χ3n) is 6.10. The first-order valence-electron chi connectivity index (χ1n) is 12.3. The molecule has 0 unspecified atom stereocenters. The number of nitrogens with zero attached hydrogens (tertiary/aromatic N) is 4. The van der Waals surface area contributed by atoms with Gasteiger partial charge in [0.25, 0.3) is 22.7 Å². The second-order valence-corrected chi connectivity index (χ2v) is 11.9. The van der Waals surface area contributed by atoms with Gasteiger partial charge in [0, 0.05) is 32.6 Å². The first kappa shape index (κ1) is 43.3. The van der Waals surface area contributed by atoms with Gasteiger partial charge in [0.05, 0.1) is 42.5 Å². The van der Waals surface area contributed by atoms with Crippen LogP contribution in [0.4, 0.5) is 28.4 Å². The van der Waals surface area contributed by atoms with Gasteiger partial charge in [0.2, 0.25) is 0 Å². The molecular weight excluding hydrogens is 793 g/mol. The SMILES string of the molecule is Cc1c(Cl)c([N+](=O)[O-])cc([N+](=O)[O-])c1Cc1ccc(Cl)cc1Cl.Cc1c(Cl)c([N+](=O)[O-])cc([N+](=O)[O-])c1Cl.Nc1ccc(Cl)cc1Cl.[H-].[Na+]. The van der Waals surface area contributed by atoms with Crippen molar-refractivity contribution in [2.75, 3.05) is 5.73 Å². The number of nitro groups is 4. The second kappa shape index (κ2) is 18.9. The Labute approximate surface area is 330 Å². The number of halogens is 7. The summed E-state index contributed by atoms with van der Waals surface area (Å²) in [5, 5.41) is 44.7. The minimum Gasteiger partial charge on any atom is -1.00 e. The predicted octanol–water partition coefficient (Wildman–Crippen LogP) is 8.17. The Balaban J connectivity index is 0.000000763. The molecular formula is C27H19Cl7N5NaO8. The van der Waals surface area contributed by atoms with E-state index in [1.54, 1.807) is 30.3 Å². The summed E-state index contributed by atoms with van der Waals surface area (Å²) < 4.78 is 0. The van der Waals surface area contributed by atoms with Crippen LogP contribution in [0.15, 0.2) is 48.5 Å². The van der Waals surface area contributed by atoms with Crippen molar-refractivity contribution in [3.63, 3.8) is 0 Å². The number of hydrogen-bond acceptors (Lipinski definition) is 9. The third kappa shape index (κ3) is 11.2. The van der Waals surface area contributed by atoms with Crippen molar-refractivity contribution < 1.29 is 50.7 Å². The summed E-state index contributed by atoms with van der Waals surface area (Å²) in [4.78, 5) is 40.3. The van der Waals surface area contributed by atoms with E-state index in [-0.39, 0.29) is 74.9 Å². The van der Waals surface area contributed by atoms with E-state index in [1.165, 1.54) is 19.9 Å². The van der Waals surface area contributed by atoms with E-state index < -0.39 is 36.8 Å². The molecule has 250 valence electrons. The Morgan fingerprint density at radius 1 is 0.583 bits per heavy atom. The molecule has 0 aliphatic carbocycles. The summed E-state index contributed by atoms with van der Waals surface area (Å²) >= 11 is 40.3. The Morgan fingerprint density at radius 3 is 1.33 bits per heavy atom. The van der Waals surface area contributed by atoms with Gasteiger partial charge >= 0.3 is 29.6 Å². The van der Waals surface area contributed by atoms with Crippen molar-refractivity contribution in [3.8, 4) is 0 Å². The molecule has 2 N–H and O–H groups in total. The van der Waals surface area contributed by atoms with Crippen LogP contribution in [0, 0.1) is 54.3 Å². The third-order valence-corrected chi connectivity index (χ3v) is 8.68. The number of hydrogen-bond donors (Lipinski definition) is 1. The van der Waals surface area contributed by atoms with Crippen molar-refractivity contribution in [2.45, 2.75) is 20.3 Å². The normalized spacial score (nSPS) is 10.0. The molecule has 0 aliphatic rings. The summed E-state index contributed by atoms with van der Waals surface area (Å²) in [6, 6.07) is 11.4. The van der Waals surface area contributed by atoms with Crippen LogP contribution in [0.3, 0.4) is 0 Å². The van der Waals surface area contributed by atoms with Gasteiger partial charge in [-0.3, -0.25) is 40.5 Å². The molecule has 0 amide bonds. The molecule has 0 fully saturated rings. The number of anilines is 1. The molecule has 0 radical (unpaired) electrons. The number of nitro benzene ring substituents is 4. The van der Waals surface area contributed by atoms with Crippen molar-refractivity contribution >= 4 is 110 Å². The van der Waals surface area contributed by atoms with E-state index in [4.69, 9.17) is 86.9 Å². The summed E-state index contributed by atoms with van der Waals surface area (Å²) in [6.07, 6.45) is 0.107. The zero-order chi connectivity index (χ0) is 35.9. The van der Waals surface area contributed by atoms with E-state index in [9.17, 15) is 40.5 Å². The molecule has 4 rings (SSSR count). The van der Waals surface area contributed by atoms with Crippen LogP contribution >= 0.6 is 81.2 Å². The number of rotatable bonds is 6. The molecule has 0 aliphatic heterocycles. The molecule has 4 aromatic carbocycles. The molecule has 0 saturated heterocycles. The molecule has 0 bridgehead atoms. The van der Waals surface area contributed by atoms with E-state index in [1.807, 2.05) is 0 Å². The number of nitrogens with two attached hydrogens (primary N) is 1. The quantitative estimate of drug-likeness (QED) is 0.0863. The second-order valence-electron chi connectivity index (χ2n) is 9.11. The fourth-order valence-electron chi connectivity index (χ4n) is 3.68. The minimum atomic E-state index is -0.793. The summed E-state index contributed by atoms with van der Waals surface area (Å²) in [7, 11) is 0. The molecule has 21 heteroatoms. The molecule has 4 aromatic rings. The van der Waals surface area contributed by atoms with Crippen LogP contribution in [0.2, 0.25) is 35.2 Å². The van der Waals surface area contributed by atoms with Crippen molar-refractivity contribution in [1.29, 1.82) is 0 Å². The standard InChI is InChI=1S/C14H9Cl3N2O4.C7H4Cl2N2O4.C6H5Cl2N.Na.H/c1-7-10(4-8-2-3-9(15)5-11(8)16)12(18(20)21)6-13(14(7)17)19(22)23;1-3-6(8)4(10(12)13)2-5(7(3)9)11(14)15;7-4-1-2-6(9)5(8)3-4;;/h2-3,5-6H,4H2,1H3;2H,1H3;1-3H,9H2;;/q;;;+1;-1. The van der Waals surface area contributed by atoms with Crippen LogP contribution in [-0.2, 0) is 6.42 Å². The van der Waals surface area contributed by atoms with Crippen molar-refractivity contribution in [1.82, 2.24) is 0 Å². The Kier molecular flexibility index (Phi) is 17.1. The maximum atomic E-state index is 11.3. The molecule has 0 saturated carbocycles. The van der Waals surface area contributed by atoms with Gasteiger partial charge in [0.15, 0.2) is 0 Å². The maximum Gasteiger partial charge on any atom is 1.00 e. The van der Waals surface area contributed by atoms with Gasteiger partial charge in [-0.2, -0.15) is 0 Å². The molecule has 0 heterocycles. The van der Waals surface area contributed by atoms with Gasteiger partial charge in [-0.15, -0.1) is 0 Å². The topological polar surface area (TPSA) is 199 Å². The van der Waals surface area contributed by atoms with Crippen LogP contribution < -0.4 is 35.3 Å². The predicted molar refractivity (Wildman–Crippen MR) is 185 cm³/mol. The Bertz CT molecular complexity index is 1890. The van der Waals surface area contributed by atoms with E-state index in [0.29, 0.717) is 31.3 Å². The maximum absolute atomic E-state index is 11.3. The Morgan fingerprint density at radius 2 is 0.958 bits per heavy atom. The van der Waals surface area contributed by atoms with Gasteiger partial charge in [0.1, 0.15) is 15.1 Å². The molecule has 0 spiro atoms. The molecule has 13 nitrogen and oxygen atoms in total. The van der Waals surface area contributed by atoms with Crippen LogP contribution in [0.5, 0.6) is 0 Å². The zero-order valence-electron chi connectivity index (χ0n) is 25.6. The van der Waals surface area contributed by atoms with Crippen LogP contribution in [0.25, 0.3) is 0 Å². The average molecular weight is 813 g/mol. The Hall–Kier alpha value is -2.69. The summed E-state index contributed by atoms with van der Waals surface area (Å²) in [6.45, 7) is 2.88. The van der Waals surface area contributed by atoms with E-state index >= 15 is 0 Å². The zero-order valence-corrected chi connectivity index (χ0v) is 31.9. The summed E-state index contributed by atoms with van der Waals surface area (Å²) in [5.74, 6) is 0. The van der Waals surface area contributed by atoms with Gasteiger partial charge < -0.3 is 7.16 Å². The molecule has 0 atom stereocenters. The fraction of sp³-hybridized carbons (Fsp3) is 0.111. The van der Waals surface area contributed by atoms with Gasteiger partial charge in [-0.05, 0) is 55.3 Å². The average Bonchev–Trinajstić information content (AvgIpc) is 2.97. The monoisotopic (exact) mass is 809 g/mol. The molecule has 48 heavy (non-hydrogen) atoms. The van der Waals surface area contributed by atoms with E-state index in [0.717, 1.165) is 12.1 Å². The van der Waals surface area contributed by atoms with E-state index in [2.05, 4.69) is 0 Å². The minimum absolute atomic E-state index is 0. The van der Waals surface area contributed by atoms with Gasteiger partial charge in [-0.1, -0.05) is 87.3 Å². The first-order chi connectivity index (χ1) is 21.8. The van der Waals surface area contributed by atoms with Crippen molar-refractivity contribution in [2.24, 2.45) is 0 Å². The van der Waals surface area contributed by atoms with Crippen LogP contribution in [0.1, 0.15) is 23.7 Å². The summed E-state index contributed by atoms with van der Waals surface area (Å²) in [5.41, 5.74) is 5.32. The van der Waals surface area contributed by atoms with Crippen LogP contribution in [-0.4, -0.2) is 19.7 Å².